The fourth-order valence-electron chi connectivity index (χ4n) is 7.22. The first kappa shape index (κ1) is 36.0. The maximum absolute atomic E-state index is 11.5. The number of aliphatic carboxylic acids is 1. The first-order valence-electron chi connectivity index (χ1n) is 17.3. The molecule has 4 aromatic rings. The number of carbonyl (C=O) groups excluding carboxylic acids is 1. The predicted molar refractivity (Wildman–Crippen MR) is 196 cm³/mol. The maximum atomic E-state index is 11.5. The lowest BCUT2D eigenvalue weighted by atomic mass is 9.95. The van der Waals surface area contributed by atoms with Gasteiger partial charge in [0.05, 0.1) is 37.1 Å². The van der Waals surface area contributed by atoms with E-state index in [0.717, 1.165) is 47.1 Å². The van der Waals surface area contributed by atoms with Crippen molar-refractivity contribution in [1.82, 2.24) is 35.5 Å². The fourth-order valence-corrected chi connectivity index (χ4v) is 7.94. The number of carboxylic acids is 1. The Morgan fingerprint density at radius 3 is 2.52 bits per heavy atom. The van der Waals surface area contributed by atoms with Crippen LogP contribution in [0.4, 0.5) is 0 Å². The van der Waals surface area contributed by atoms with E-state index in [9.17, 15) is 14.7 Å². The normalized spacial score (nSPS) is 19.8. The number of amides is 1. The molecular formula is C37H39BrClN7O6. The summed E-state index contributed by atoms with van der Waals surface area (Å²) in [4.78, 5) is 43.8. The monoisotopic (exact) mass is 791 g/mol. The van der Waals surface area contributed by atoms with Crippen LogP contribution in [0.1, 0.15) is 54.3 Å². The minimum absolute atomic E-state index is 0.0843. The van der Waals surface area contributed by atoms with E-state index in [4.69, 9.17) is 35.8 Å². The molecule has 1 aliphatic carbocycles. The van der Waals surface area contributed by atoms with Crippen LogP contribution >= 0.6 is 27.5 Å². The molecule has 0 unspecified atom stereocenters. The summed E-state index contributed by atoms with van der Waals surface area (Å²) in [5.41, 5.74) is 6.68. The number of carbonyl (C=O) groups is 2. The van der Waals surface area contributed by atoms with Gasteiger partial charge in [-0.25, -0.2) is 9.97 Å². The van der Waals surface area contributed by atoms with Crippen LogP contribution in [0.2, 0.25) is 5.02 Å². The Morgan fingerprint density at radius 1 is 1.00 bits per heavy atom. The lowest BCUT2D eigenvalue weighted by molar-refractivity contribution is -0.141. The summed E-state index contributed by atoms with van der Waals surface area (Å²) in [6, 6.07) is 12.1. The van der Waals surface area contributed by atoms with Gasteiger partial charge in [0.2, 0.25) is 17.7 Å². The Kier molecular flexibility index (Phi) is 10.9. The van der Waals surface area contributed by atoms with Crippen molar-refractivity contribution in [3.8, 4) is 40.0 Å². The van der Waals surface area contributed by atoms with E-state index in [-0.39, 0.29) is 24.0 Å². The zero-order valence-electron chi connectivity index (χ0n) is 28.8. The summed E-state index contributed by atoms with van der Waals surface area (Å²) in [7, 11) is 3.11. The van der Waals surface area contributed by atoms with E-state index < -0.39 is 5.97 Å². The van der Waals surface area contributed by atoms with Gasteiger partial charge in [0.25, 0.3) is 5.88 Å². The van der Waals surface area contributed by atoms with Crippen LogP contribution in [0, 0.1) is 5.92 Å². The van der Waals surface area contributed by atoms with E-state index in [1.807, 2.05) is 29.2 Å². The lowest BCUT2D eigenvalue weighted by Gasteiger charge is -2.19. The van der Waals surface area contributed by atoms with E-state index >= 15 is 0 Å². The standard InChI is InChI=1S/C37H39BrClN7O6/c1-50-34-28(16-40-15-21-9-12-31(47)42-21)41-17-27(44-34)26-8-4-7-25(32(26)39)22-5-3-6-24-23(22)10-11-30(24)52-36-33(38)43-29(35(45-36)51-2)19-46-14-13-20(18-46)37(48)49/h3-8,17,20-21,30,40H,9-16,18-19H2,1-2H3,(H,42,47)(H,48,49)/t20-,21+,30+/m1/s1. The molecule has 0 bridgehead atoms. The van der Waals surface area contributed by atoms with Crippen LogP contribution in [0.25, 0.3) is 22.4 Å². The molecule has 2 aromatic heterocycles. The van der Waals surface area contributed by atoms with Gasteiger partial charge in [-0.05, 0) is 64.8 Å². The molecule has 3 atom stereocenters. The van der Waals surface area contributed by atoms with Crippen molar-refractivity contribution in [2.45, 2.75) is 57.3 Å². The number of nitrogens with one attached hydrogen (secondary N) is 2. The average molecular weight is 793 g/mol. The highest BCUT2D eigenvalue weighted by molar-refractivity contribution is 9.10. The Hall–Kier alpha value is -4.37. The van der Waals surface area contributed by atoms with Gasteiger partial charge in [0, 0.05) is 49.8 Å². The third-order valence-corrected chi connectivity index (χ3v) is 10.8. The molecule has 52 heavy (non-hydrogen) atoms. The molecule has 0 saturated carbocycles. The number of nitrogens with zero attached hydrogens (tertiary/aromatic N) is 5. The first-order chi connectivity index (χ1) is 25.2. The Morgan fingerprint density at radius 2 is 1.77 bits per heavy atom. The van der Waals surface area contributed by atoms with Gasteiger partial charge < -0.3 is 30.0 Å². The van der Waals surface area contributed by atoms with Crippen LogP contribution in [0.15, 0.2) is 47.2 Å². The zero-order valence-corrected chi connectivity index (χ0v) is 31.2. The van der Waals surface area contributed by atoms with Gasteiger partial charge in [-0.3, -0.25) is 19.5 Å². The van der Waals surface area contributed by atoms with Gasteiger partial charge in [0.15, 0.2) is 4.60 Å². The molecule has 0 spiro atoms. The number of methoxy groups -OCH3 is 2. The largest absolute Gasteiger partial charge is 0.481 e. The molecule has 0 radical (unpaired) electrons. The minimum atomic E-state index is -0.779. The van der Waals surface area contributed by atoms with Gasteiger partial charge in [-0.1, -0.05) is 48.0 Å². The van der Waals surface area contributed by atoms with Crippen molar-refractivity contribution < 1.29 is 28.9 Å². The summed E-state index contributed by atoms with van der Waals surface area (Å²) in [5, 5.41) is 16.2. The molecule has 13 nitrogen and oxygen atoms in total. The molecule has 3 N–H and O–H groups in total. The number of ether oxygens (including phenoxy) is 3. The van der Waals surface area contributed by atoms with Gasteiger partial charge in [-0.15, -0.1) is 0 Å². The van der Waals surface area contributed by atoms with Crippen molar-refractivity contribution in [1.29, 1.82) is 0 Å². The van der Waals surface area contributed by atoms with Crippen molar-refractivity contribution in [2.75, 3.05) is 33.9 Å². The third-order valence-electron chi connectivity index (χ3n) is 9.86. The molecule has 15 heteroatoms. The summed E-state index contributed by atoms with van der Waals surface area (Å²) in [5.74, 6) is -0.00340. The second kappa shape index (κ2) is 15.7. The number of rotatable bonds is 13. The zero-order chi connectivity index (χ0) is 36.4. The number of benzene rings is 2. The molecule has 2 saturated heterocycles. The van der Waals surface area contributed by atoms with E-state index in [2.05, 4.69) is 48.7 Å². The number of carboxylic acid groups (broad SMARTS) is 1. The van der Waals surface area contributed by atoms with Gasteiger partial charge in [0.1, 0.15) is 17.5 Å². The molecule has 7 rings (SSSR count). The van der Waals surface area contributed by atoms with Crippen LogP contribution in [0.5, 0.6) is 17.6 Å². The molecule has 1 amide bonds. The number of halogens is 2. The Bertz CT molecular complexity index is 2000. The number of hydrogen-bond acceptors (Lipinski definition) is 11. The first-order valence-corrected chi connectivity index (χ1v) is 18.4. The Labute approximate surface area is 314 Å². The second-order valence-corrected chi connectivity index (χ2v) is 14.3. The van der Waals surface area contributed by atoms with Gasteiger partial charge >= 0.3 is 5.97 Å². The third kappa shape index (κ3) is 7.56. The molecule has 2 aliphatic heterocycles. The highest BCUT2D eigenvalue weighted by Gasteiger charge is 2.31. The van der Waals surface area contributed by atoms with Crippen molar-refractivity contribution in [3.05, 3.63) is 74.7 Å². The number of fused-ring (bicyclic) bond motifs is 1. The number of aromatic nitrogens is 4. The van der Waals surface area contributed by atoms with Crippen LogP contribution < -0.4 is 24.8 Å². The molecule has 2 aromatic carbocycles. The van der Waals surface area contributed by atoms with Crippen molar-refractivity contribution in [3.63, 3.8) is 0 Å². The average Bonchev–Trinajstić information content (AvgIpc) is 3.90. The molecule has 272 valence electrons. The minimum Gasteiger partial charge on any atom is -0.481 e. The molecular weight excluding hydrogens is 754 g/mol. The predicted octanol–water partition coefficient (Wildman–Crippen LogP) is 5.37. The van der Waals surface area contributed by atoms with Gasteiger partial charge in [-0.2, -0.15) is 4.98 Å². The highest BCUT2D eigenvalue weighted by atomic mass is 79.9. The summed E-state index contributed by atoms with van der Waals surface area (Å²) in [6.45, 7) is 2.64. The second-order valence-electron chi connectivity index (χ2n) is 13.2. The summed E-state index contributed by atoms with van der Waals surface area (Å²) < 4.78 is 18.1. The summed E-state index contributed by atoms with van der Waals surface area (Å²) in [6.07, 6.45) is 4.92. The quantitative estimate of drug-likeness (QED) is 0.159. The Balaban J connectivity index is 1.08. The van der Waals surface area contributed by atoms with Crippen LogP contribution in [-0.4, -0.2) is 81.7 Å². The highest BCUT2D eigenvalue weighted by Crippen LogP contribution is 2.44. The lowest BCUT2D eigenvalue weighted by Crippen LogP contribution is -2.35. The maximum Gasteiger partial charge on any atom is 0.307 e. The van der Waals surface area contributed by atoms with Crippen LogP contribution in [-0.2, 0) is 29.1 Å². The molecule has 3 aliphatic rings. The number of hydrogen-bond donors (Lipinski definition) is 3. The van der Waals surface area contributed by atoms with Crippen molar-refractivity contribution in [2.24, 2.45) is 5.92 Å². The van der Waals surface area contributed by atoms with Crippen molar-refractivity contribution >= 4 is 39.4 Å². The number of likely N-dealkylation sites (tertiary alicyclic amines) is 1. The molecule has 2 fully saturated rings. The molecule has 4 heterocycles. The fraction of sp³-hybridized carbons (Fsp3) is 0.405. The van der Waals surface area contributed by atoms with E-state index in [0.29, 0.717) is 89.9 Å². The SMILES string of the molecule is COc1nc(-c2cccc(-c3cccc4c3CC[C@@H]4Oc3nc(OC)c(CN4CC[C@@H](C(=O)O)C4)nc3Br)c2Cl)cnc1CNC[C@@H]1CCC(=O)N1. The van der Waals surface area contributed by atoms with E-state index in [1.165, 1.54) is 7.11 Å². The topological polar surface area (TPSA) is 161 Å². The van der Waals surface area contributed by atoms with Crippen LogP contribution in [0.3, 0.4) is 0 Å². The smallest absolute Gasteiger partial charge is 0.307 e. The summed E-state index contributed by atoms with van der Waals surface area (Å²) >= 11 is 10.7. The van der Waals surface area contributed by atoms with E-state index in [1.54, 1.807) is 13.3 Å².